The average molecular weight is 322 g/mol. The van der Waals surface area contributed by atoms with E-state index < -0.39 is 0 Å². The Hall–Kier alpha value is -0.340. The lowest BCUT2D eigenvalue weighted by molar-refractivity contribution is 0.0722. The van der Waals surface area contributed by atoms with Gasteiger partial charge in [0.25, 0.3) is 0 Å². The predicted molar refractivity (Wildman–Crippen MR) is 84.3 cm³/mol. The number of hydrogen-bond acceptors (Lipinski definition) is 1. The second kappa shape index (κ2) is 6.41. The molecule has 2 heteroatoms. The monoisotopic (exact) mass is 321 g/mol. The first-order valence-corrected chi connectivity index (χ1v) is 8.65. The molecule has 1 aromatic rings. The van der Waals surface area contributed by atoms with Gasteiger partial charge in [-0.2, -0.15) is 0 Å². The summed E-state index contributed by atoms with van der Waals surface area (Å²) in [5.74, 6) is 0. The quantitative estimate of drug-likeness (QED) is 0.713. The summed E-state index contributed by atoms with van der Waals surface area (Å²) in [6.07, 6.45) is 11.3. The standard InChI is InChI=1S/C17H24BrN/c18-15-8-6-7-14(13-15)17-11-4-5-12-19(17)16-9-2-1-3-10-16/h6-8,13,16-17H,1-5,9-12H2. The molecule has 2 aliphatic rings. The van der Waals surface area contributed by atoms with Crippen LogP contribution in [0.1, 0.15) is 63.0 Å². The van der Waals surface area contributed by atoms with E-state index in [2.05, 4.69) is 45.1 Å². The first kappa shape index (κ1) is 13.6. The zero-order valence-electron chi connectivity index (χ0n) is 11.7. The van der Waals surface area contributed by atoms with Gasteiger partial charge in [-0.1, -0.05) is 53.7 Å². The maximum atomic E-state index is 3.63. The fourth-order valence-electron chi connectivity index (χ4n) is 3.88. The van der Waals surface area contributed by atoms with Gasteiger partial charge in [-0.25, -0.2) is 0 Å². The molecule has 0 amide bonds. The molecule has 3 rings (SSSR count). The fraction of sp³-hybridized carbons (Fsp3) is 0.647. The lowest BCUT2D eigenvalue weighted by atomic mass is 9.88. The smallest absolute Gasteiger partial charge is 0.0351 e. The molecule has 1 heterocycles. The number of hydrogen-bond donors (Lipinski definition) is 0. The molecule has 0 aromatic heterocycles. The molecule has 0 N–H and O–H groups in total. The van der Waals surface area contributed by atoms with Gasteiger partial charge < -0.3 is 0 Å². The molecule has 1 saturated carbocycles. The molecule has 19 heavy (non-hydrogen) atoms. The van der Waals surface area contributed by atoms with Gasteiger partial charge in [0.1, 0.15) is 0 Å². The van der Waals surface area contributed by atoms with Crippen molar-refractivity contribution >= 4 is 15.9 Å². The number of halogens is 1. The Kier molecular flexibility index (Phi) is 4.60. The van der Waals surface area contributed by atoms with Crippen LogP contribution in [0.3, 0.4) is 0 Å². The topological polar surface area (TPSA) is 3.24 Å². The third kappa shape index (κ3) is 3.22. The molecule has 0 bridgehead atoms. The molecule has 0 spiro atoms. The molecular weight excluding hydrogens is 298 g/mol. The Bertz CT molecular complexity index is 411. The van der Waals surface area contributed by atoms with Crippen LogP contribution >= 0.6 is 15.9 Å². The molecule has 1 saturated heterocycles. The number of nitrogens with zero attached hydrogens (tertiary/aromatic N) is 1. The number of rotatable bonds is 2. The summed E-state index contributed by atoms with van der Waals surface area (Å²) >= 11 is 3.63. The summed E-state index contributed by atoms with van der Waals surface area (Å²) in [6.45, 7) is 1.31. The van der Waals surface area contributed by atoms with Crippen molar-refractivity contribution in [3.05, 3.63) is 34.3 Å². The van der Waals surface area contributed by atoms with Gasteiger partial charge in [0.15, 0.2) is 0 Å². The van der Waals surface area contributed by atoms with Crippen molar-refractivity contribution in [1.29, 1.82) is 0 Å². The van der Waals surface area contributed by atoms with Crippen LogP contribution in [0.25, 0.3) is 0 Å². The predicted octanol–water partition coefficient (Wildman–Crippen LogP) is 5.31. The molecule has 1 aliphatic heterocycles. The largest absolute Gasteiger partial charge is 0.293 e. The van der Waals surface area contributed by atoms with Crippen molar-refractivity contribution in [2.24, 2.45) is 0 Å². The van der Waals surface area contributed by atoms with E-state index in [1.807, 2.05) is 0 Å². The maximum Gasteiger partial charge on any atom is 0.0351 e. The number of piperidine rings is 1. The van der Waals surface area contributed by atoms with Gasteiger partial charge >= 0.3 is 0 Å². The molecule has 2 fully saturated rings. The van der Waals surface area contributed by atoms with E-state index in [0.29, 0.717) is 6.04 Å². The highest BCUT2D eigenvalue weighted by Gasteiger charge is 2.30. The summed E-state index contributed by atoms with van der Waals surface area (Å²) in [5, 5.41) is 0. The summed E-state index contributed by atoms with van der Waals surface area (Å²) in [7, 11) is 0. The van der Waals surface area contributed by atoms with Gasteiger partial charge in [0.05, 0.1) is 0 Å². The lowest BCUT2D eigenvalue weighted by Crippen LogP contribution is -2.42. The fourth-order valence-corrected chi connectivity index (χ4v) is 4.29. The lowest BCUT2D eigenvalue weighted by Gasteiger charge is -2.43. The minimum atomic E-state index is 0.661. The average Bonchev–Trinajstić information content (AvgIpc) is 2.48. The molecule has 1 atom stereocenters. The van der Waals surface area contributed by atoms with Crippen molar-refractivity contribution in [1.82, 2.24) is 4.90 Å². The highest BCUT2D eigenvalue weighted by Crippen LogP contribution is 2.37. The van der Waals surface area contributed by atoms with E-state index in [0.717, 1.165) is 6.04 Å². The van der Waals surface area contributed by atoms with Crippen molar-refractivity contribution in [2.75, 3.05) is 6.54 Å². The first-order valence-electron chi connectivity index (χ1n) is 7.86. The van der Waals surface area contributed by atoms with E-state index in [-0.39, 0.29) is 0 Å². The zero-order chi connectivity index (χ0) is 13.1. The van der Waals surface area contributed by atoms with Crippen LogP contribution in [0.15, 0.2) is 28.7 Å². The second-order valence-corrected chi connectivity index (χ2v) is 7.01. The van der Waals surface area contributed by atoms with Crippen LogP contribution < -0.4 is 0 Å². The van der Waals surface area contributed by atoms with E-state index in [1.165, 1.54) is 67.9 Å². The SMILES string of the molecule is Brc1cccc(C2CCCCN2C2CCCCC2)c1. The molecule has 1 nitrogen and oxygen atoms in total. The minimum absolute atomic E-state index is 0.661. The maximum absolute atomic E-state index is 3.63. The molecule has 0 radical (unpaired) electrons. The van der Waals surface area contributed by atoms with Crippen LogP contribution in [0.4, 0.5) is 0 Å². The van der Waals surface area contributed by atoms with Crippen molar-refractivity contribution < 1.29 is 0 Å². The Morgan fingerprint density at radius 1 is 0.947 bits per heavy atom. The van der Waals surface area contributed by atoms with E-state index in [4.69, 9.17) is 0 Å². The highest BCUT2D eigenvalue weighted by molar-refractivity contribution is 9.10. The molecule has 1 aromatic carbocycles. The minimum Gasteiger partial charge on any atom is -0.293 e. The third-order valence-electron chi connectivity index (χ3n) is 4.82. The molecule has 104 valence electrons. The third-order valence-corrected chi connectivity index (χ3v) is 5.31. The molecule has 1 unspecified atom stereocenters. The van der Waals surface area contributed by atoms with Gasteiger partial charge in [0.2, 0.25) is 0 Å². The number of benzene rings is 1. The second-order valence-electron chi connectivity index (χ2n) is 6.10. The van der Waals surface area contributed by atoms with Gasteiger partial charge in [-0.3, -0.25) is 4.90 Å². The van der Waals surface area contributed by atoms with Crippen LogP contribution in [0.2, 0.25) is 0 Å². The van der Waals surface area contributed by atoms with Crippen LogP contribution in [0.5, 0.6) is 0 Å². The first-order chi connectivity index (χ1) is 9.34. The van der Waals surface area contributed by atoms with Crippen molar-refractivity contribution in [3.8, 4) is 0 Å². The van der Waals surface area contributed by atoms with E-state index in [9.17, 15) is 0 Å². The van der Waals surface area contributed by atoms with E-state index in [1.54, 1.807) is 0 Å². The summed E-state index contributed by atoms with van der Waals surface area (Å²) in [5.41, 5.74) is 1.51. The van der Waals surface area contributed by atoms with Crippen molar-refractivity contribution in [3.63, 3.8) is 0 Å². The normalized spacial score (nSPS) is 26.5. The van der Waals surface area contributed by atoms with Crippen LogP contribution in [-0.4, -0.2) is 17.5 Å². The van der Waals surface area contributed by atoms with Crippen molar-refractivity contribution in [2.45, 2.75) is 63.5 Å². The summed E-state index contributed by atoms with van der Waals surface area (Å²) in [6, 6.07) is 10.5. The van der Waals surface area contributed by atoms with Gasteiger partial charge in [-0.15, -0.1) is 0 Å². The summed E-state index contributed by atoms with van der Waals surface area (Å²) < 4.78 is 1.22. The van der Waals surface area contributed by atoms with Crippen LogP contribution in [-0.2, 0) is 0 Å². The van der Waals surface area contributed by atoms with E-state index >= 15 is 0 Å². The zero-order valence-corrected chi connectivity index (χ0v) is 13.2. The Morgan fingerprint density at radius 3 is 2.53 bits per heavy atom. The van der Waals surface area contributed by atoms with Gasteiger partial charge in [0, 0.05) is 16.6 Å². The Morgan fingerprint density at radius 2 is 1.74 bits per heavy atom. The van der Waals surface area contributed by atoms with Gasteiger partial charge in [-0.05, 0) is 49.9 Å². The van der Waals surface area contributed by atoms with Crippen LogP contribution in [0, 0.1) is 0 Å². The summed E-state index contributed by atoms with van der Waals surface area (Å²) in [4.78, 5) is 2.82. The molecule has 1 aliphatic carbocycles. The molecular formula is C17H24BrN. The number of likely N-dealkylation sites (tertiary alicyclic amines) is 1. The Balaban J connectivity index is 1.80. The Labute approximate surface area is 125 Å². The highest BCUT2D eigenvalue weighted by atomic mass is 79.9.